The number of rotatable bonds is 8. The Labute approximate surface area is 349 Å². The minimum atomic E-state index is -0.966. The standard InChI is InChI=1S/C23H26ClN5O4.C19H19ClN4O2/c1-23(2,3)33-22(32)29-11-13(20(30)31)8-14(12-29)27-21-26-10-17(24)19(28-21)16-9-25-18-7-5-4-6-15(16)18;20-15-10-22-19(23-12-5-3-4-11(8-12)18(25)26)24-17(15)14-9-21-16-7-2-1-6-13(14)16/h4-7,9-10,13-14,25H,8,11-12H2,1-3H3,(H,30,31)(H,26,27,28);1-2,6-7,9-12,21H,3-5,8H2,(H,25,26)(H,22,23,24). The van der Waals surface area contributed by atoms with Crippen LogP contribution in [-0.2, 0) is 14.3 Å². The number of ether oxygens (including phenoxy) is 1. The fourth-order valence-electron chi connectivity index (χ4n) is 7.55. The van der Waals surface area contributed by atoms with Crippen LogP contribution >= 0.6 is 23.2 Å². The number of para-hydroxylation sites is 2. The zero-order chi connectivity index (χ0) is 41.8. The van der Waals surface area contributed by atoms with E-state index in [0.29, 0.717) is 46.2 Å². The zero-order valence-electron chi connectivity index (χ0n) is 32.7. The number of hydrogen-bond acceptors (Lipinski definition) is 10. The molecule has 8 rings (SSSR count). The molecule has 5 heterocycles. The van der Waals surface area contributed by atoms with Crippen LogP contribution in [0.3, 0.4) is 0 Å². The molecule has 0 radical (unpaired) electrons. The van der Waals surface area contributed by atoms with Gasteiger partial charge < -0.3 is 40.5 Å². The molecule has 2 aliphatic rings. The minimum absolute atomic E-state index is 0.0573. The summed E-state index contributed by atoms with van der Waals surface area (Å²) in [4.78, 5) is 61.2. The number of halogens is 2. The smallest absolute Gasteiger partial charge is 0.410 e. The van der Waals surface area contributed by atoms with Gasteiger partial charge in [-0.3, -0.25) is 9.59 Å². The fourth-order valence-corrected chi connectivity index (χ4v) is 7.94. The van der Waals surface area contributed by atoms with E-state index in [2.05, 4.69) is 40.5 Å². The summed E-state index contributed by atoms with van der Waals surface area (Å²) in [5, 5.41) is 28.2. The number of benzene rings is 2. The maximum atomic E-state index is 12.6. The Bertz CT molecular complexity index is 2480. The highest BCUT2D eigenvalue weighted by atomic mass is 35.5. The van der Waals surface area contributed by atoms with Crippen LogP contribution in [0, 0.1) is 11.8 Å². The van der Waals surface area contributed by atoms with Crippen molar-refractivity contribution in [2.45, 2.75) is 70.6 Å². The summed E-state index contributed by atoms with van der Waals surface area (Å²) in [7, 11) is 0. The quantitative estimate of drug-likeness (QED) is 0.0850. The molecule has 4 aromatic heterocycles. The van der Waals surface area contributed by atoms with Crippen molar-refractivity contribution in [1.29, 1.82) is 0 Å². The number of anilines is 2. The van der Waals surface area contributed by atoms with Gasteiger partial charge in [-0.1, -0.05) is 66.0 Å². The molecule has 1 aliphatic carbocycles. The molecule has 1 saturated carbocycles. The highest BCUT2D eigenvalue weighted by Crippen LogP contribution is 2.35. The number of H-pyrrole nitrogens is 2. The molecular weight excluding hydrogens is 797 g/mol. The monoisotopic (exact) mass is 841 g/mol. The zero-order valence-corrected chi connectivity index (χ0v) is 34.2. The summed E-state index contributed by atoms with van der Waals surface area (Å²) in [5.74, 6) is -1.95. The van der Waals surface area contributed by atoms with Gasteiger partial charge in [0.25, 0.3) is 0 Å². The number of aromatic nitrogens is 6. The molecule has 1 aliphatic heterocycles. The molecule has 6 N–H and O–H groups in total. The normalized spacial score (nSPS) is 19.4. The molecule has 1 amide bonds. The van der Waals surface area contributed by atoms with E-state index in [1.807, 2.05) is 60.9 Å². The number of carbonyl (C=O) groups excluding carboxylic acids is 1. The number of carbonyl (C=O) groups is 3. The van der Waals surface area contributed by atoms with E-state index in [9.17, 15) is 24.6 Å². The highest BCUT2D eigenvalue weighted by molar-refractivity contribution is 6.33. The van der Waals surface area contributed by atoms with E-state index in [1.165, 1.54) is 11.1 Å². The third kappa shape index (κ3) is 9.86. The first-order valence-electron chi connectivity index (χ1n) is 19.4. The number of hydrogen-bond donors (Lipinski definition) is 6. The van der Waals surface area contributed by atoms with Crippen molar-refractivity contribution in [1.82, 2.24) is 34.8 Å². The number of aromatic amines is 2. The van der Waals surface area contributed by atoms with E-state index < -0.39 is 29.6 Å². The van der Waals surface area contributed by atoms with Crippen LogP contribution in [0.4, 0.5) is 16.7 Å². The van der Waals surface area contributed by atoms with Gasteiger partial charge in [0.05, 0.1) is 45.7 Å². The van der Waals surface area contributed by atoms with Crippen molar-refractivity contribution in [2.75, 3.05) is 23.7 Å². The van der Waals surface area contributed by atoms with E-state index in [-0.39, 0.29) is 31.1 Å². The SMILES string of the molecule is CC(C)(C)OC(=O)N1CC(Nc2ncc(Cl)c(-c3c[nH]c4ccccc34)n2)CC(C(=O)O)C1.O=C(O)C1CCCC(Nc2ncc(Cl)c(-c3c[nH]c4ccccc34)n2)C1. The summed E-state index contributed by atoms with van der Waals surface area (Å²) in [6.45, 7) is 5.67. The Morgan fingerprint density at radius 1 is 0.746 bits per heavy atom. The van der Waals surface area contributed by atoms with Gasteiger partial charge in [0.15, 0.2) is 0 Å². The van der Waals surface area contributed by atoms with E-state index >= 15 is 0 Å². The Hall–Kier alpha value is -5.93. The summed E-state index contributed by atoms with van der Waals surface area (Å²) < 4.78 is 5.44. The second-order valence-electron chi connectivity index (χ2n) is 15.8. The number of nitrogens with one attached hydrogen (secondary N) is 4. The van der Waals surface area contributed by atoms with Crippen molar-refractivity contribution >= 4 is 74.9 Å². The first-order valence-corrected chi connectivity index (χ1v) is 20.1. The molecule has 17 heteroatoms. The van der Waals surface area contributed by atoms with E-state index in [4.69, 9.17) is 27.9 Å². The molecule has 308 valence electrons. The summed E-state index contributed by atoms with van der Waals surface area (Å²) >= 11 is 12.8. The first-order chi connectivity index (χ1) is 28.2. The van der Waals surface area contributed by atoms with Gasteiger partial charge in [-0.25, -0.2) is 24.7 Å². The number of carboxylic acids is 2. The number of amides is 1. The molecule has 4 atom stereocenters. The number of likely N-dealkylation sites (tertiary alicyclic amines) is 1. The molecule has 59 heavy (non-hydrogen) atoms. The van der Waals surface area contributed by atoms with Crippen molar-refractivity contribution in [3.8, 4) is 22.5 Å². The second-order valence-corrected chi connectivity index (χ2v) is 16.6. The fraction of sp³-hybridized carbons (Fsp3) is 0.357. The minimum Gasteiger partial charge on any atom is -0.481 e. The number of aliphatic carboxylic acids is 2. The van der Waals surface area contributed by atoms with Crippen molar-refractivity contribution in [3.05, 3.63) is 83.4 Å². The average molecular weight is 843 g/mol. The Balaban J connectivity index is 0.000000184. The van der Waals surface area contributed by atoms with Crippen molar-refractivity contribution in [3.63, 3.8) is 0 Å². The van der Waals surface area contributed by atoms with Crippen LogP contribution in [0.1, 0.15) is 52.9 Å². The lowest BCUT2D eigenvalue weighted by Crippen LogP contribution is -2.51. The number of carboxylic acid groups (broad SMARTS) is 2. The molecule has 15 nitrogen and oxygen atoms in total. The van der Waals surface area contributed by atoms with Crippen molar-refractivity contribution < 1.29 is 29.3 Å². The number of piperidine rings is 1. The van der Waals surface area contributed by atoms with Crippen LogP contribution in [-0.4, -0.2) is 93.8 Å². The first kappa shape index (κ1) is 41.2. The largest absolute Gasteiger partial charge is 0.481 e. The van der Waals surface area contributed by atoms with Gasteiger partial charge >= 0.3 is 18.0 Å². The van der Waals surface area contributed by atoms with Crippen LogP contribution in [0.5, 0.6) is 0 Å². The van der Waals surface area contributed by atoms with Gasteiger partial charge in [0, 0.05) is 70.5 Å². The van der Waals surface area contributed by atoms with Crippen LogP contribution in [0.15, 0.2) is 73.3 Å². The lowest BCUT2D eigenvalue weighted by atomic mass is 9.86. The maximum absolute atomic E-state index is 12.6. The molecule has 4 unspecified atom stereocenters. The Kier molecular flexibility index (Phi) is 12.2. The number of nitrogens with zero attached hydrogens (tertiary/aromatic N) is 5. The lowest BCUT2D eigenvalue weighted by molar-refractivity contribution is -0.144. The average Bonchev–Trinajstić information content (AvgIpc) is 3.84. The summed E-state index contributed by atoms with van der Waals surface area (Å²) in [6.07, 6.45) is 9.73. The van der Waals surface area contributed by atoms with E-state index in [1.54, 1.807) is 27.0 Å². The summed E-state index contributed by atoms with van der Waals surface area (Å²) in [6, 6.07) is 15.5. The van der Waals surface area contributed by atoms with Crippen LogP contribution in [0.25, 0.3) is 44.3 Å². The lowest BCUT2D eigenvalue weighted by Gasteiger charge is -2.37. The predicted octanol–water partition coefficient (Wildman–Crippen LogP) is 8.73. The Morgan fingerprint density at radius 3 is 1.78 bits per heavy atom. The van der Waals surface area contributed by atoms with Gasteiger partial charge in [0.1, 0.15) is 5.60 Å². The molecule has 0 spiro atoms. The number of fused-ring (bicyclic) bond motifs is 2. The third-order valence-electron chi connectivity index (χ3n) is 10.3. The third-order valence-corrected chi connectivity index (χ3v) is 10.9. The molecule has 6 aromatic rings. The molecule has 2 aromatic carbocycles. The molecule has 1 saturated heterocycles. The van der Waals surface area contributed by atoms with Gasteiger partial charge in [-0.15, -0.1) is 0 Å². The maximum Gasteiger partial charge on any atom is 0.410 e. The molecule has 0 bridgehead atoms. The van der Waals surface area contributed by atoms with Crippen molar-refractivity contribution in [2.24, 2.45) is 11.8 Å². The molecular formula is C42H45Cl2N9O6. The van der Waals surface area contributed by atoms with Gasteiger partial charge in [0.2, 0.25) is 11.9 Å². The summed E-state index contributed by atoms with van der Waals surface area (Å²) in [5.41, 5.74) is 4.27. The topological polar surface area (TPSA) is 211 Å². The van der Waals surface area contributed by atoms with Gasteiger partial charge in [-0.2, -0.15) is 0 Å². The van der Waals surface area contributed by atoms with E-state index in [0.717, 1.165) is 52.2 Å². The Morgan fingerprint density at radius 2 is 1.25 bits per heavy atom. The molecule has 2 fully saturated rings. The second kappa shape index (κ2) is 17.5. The highest BCUT2D eigenvalue weighted by Gasteiger charge is 2.36. The van der Waals surface area contributed by atoms with Crippen LogP contribution < -0.4 is 10.6 Å². The van der Waals surface area contributed by atoms with Crippen LogP contribution in [0.2, 0.25) is 10.0 Å². The van der Waals surface area contributed by atoms with Gasteiger partial charge in [-0.05, 0) is 58.6 Å². The predicted molar refractivity (Wildman–Crippen MR) is 227 cm³/mol.